The molecule has 8 nitrogen and oxygen atoms in total. The lowest BCUT2D eigenvalue weighted by molar-refractivity contribution is 0.0991. The number of nitrogens with two attached hydrogens (primary N) is 1. The van der Waals surface area contributed by atoms with E-state index in [1.807, 2.05) is 54.6 Å². The van der Waals surface area contributed by atoms with Crippen LogP contribution in [0.25, 0.3) is 10.9 Å². The second kappa shape index (κ2) is 9.81. The third-order valence-corrected chi connectivity index (χ3v) is 7.17. The highest BCUT2D eigenvalue weighted by Gasteiger charge is 2.20. The van der Waals surface area contributed by atoms with Crippen LogP contribution >= 0.6 is 11.3 Å². The normalized spacial score (nSPS) is 14.3. The second-order valence-corrected chi connectivity index (χ2v) is 9.68. The molecule has 1 fully saturated rings. The molecule has 0 atom stereocenters. The monoisotopic (exact) mass is 486 g/mol. The van der Waals surface area contributed by atoms with Crippen molar-refractivity contribution >= 4 is 50.4 Å². The van der Waals surface area contributed by atoms with Gasteiger partial charge in [-0.05, 0) is 55.6 Å². The molecule has 2 aromatic carbocycles. The molecule has 1 amide bonds. The van der Waals surface area contributed by atoms with Crippen LogP contribution in [0.2, 0.25) is 0 Å². The summed E-state index contributed by atoms with van der Waals surface area (Å²) in [6.45, 7) is 3.98. The fraction of sp³-hybridized carbons (Fsp3) is 0.231. The lowest BCUT2D eigenvalue weighted by atomic mass is 10.1. The van der Waals surface area contributed by atoms with Crippen LogP contribution in [0.1, 0.15) is 25.7 Å². The Morgan fingerprint density at radius 3 is 2.54 bits per heavy atom. The summed E-state index contributed by atoms with van der Waals surface area (Å²) < 4.78 is 0. The largest absolute Gasteiger partial charge is 0.369 e. The number of nitrogens with one attached hydrogen (secondary N) is 1. The van der Waals surface area contributed by atoms with Crippen LogP contribution in [-0.4, -0.2) is 59.8 Å². The second-order valence-electron chi connectivity index (χ2n) is 8.59. The SMILES string of the molecule is CN1CCN(c2ccc(C(=O)Cc3sc(Nc4cccc5ncccc45)nc3C(N)=O)cc2)CC1. The van der Waals surface area contributed by atoms with E-state index < -0.39 is 5.91 Å². The Bertz CT molecular complexity index is 1370. The summed E-state index contributed by atoms with van der Waals surface area (Å²) in [5, 5.41) is 4.70. The maximum absolute atomic E-state index is 13.0. The van der Waals surface area contributed by atoms with Gasteiger partial charge in [-0.1, -0.05) is 6.07 Å². The quantitative estimate of drug-likeness (QED) is 0.384. The number of nitrogens with zero attached hydrogens (tertiary/aromatic N) is 4. The molecule has 0 spiro atoms. The van der Waals surface area contributed by atoms with E-state index in [4.69, 9.17) is 5.73 Å². The summed E-state index contributed by atoms with van der Waals surface area (Å²) in [5.41, 5.74) is 9.08. The third-order valence-electron chi connectivity index (χ3n) is 6.20. The summed E-state index contributed by atoms with van der Waals surface area (Å²) in [5.74, 6) is -0.732. The number of carbonyl (C=O) groups is 2. The summed E-state index contributed by atoms with van der Waals surface area (Å²) >= 11 is 1.26. The average Bonchev–Trinajstić information content (AvgIpc) is 3.27. The van der Waals surface area contributed by atoms with Crippen LogP contribution in [0.15, 0.2) is 60.8 Å². The number of fused-ring (bicyclic) bond motifs is 1. The van der Waals surface area contributed by atoms with Gasteiger partial charge in [-0.3, -0.25) is 14.6 Å². The van der Waals surface area contributed by atoms with Crippen molar-refractivity contribution < 1.29 is 9.59 Å². The number of hydrogen-bond donors (Lipinski definition) is 2. The number of thiazole rings is 1. The molecule has 4 aromatic rings. The molecule has 2 aromatic heterocycles. The van der Waals surface area contributed by atoms with E-state index in [1.165, 1.54) is 11.3 Å². The van der Waals surface area contributed by atoms with Crippen molar-refractivity contribution in [3.05, 3.63) is 76.9 Å². The summed E-state index contributed by atoms with van der Waals surface area (Å²) in [7, 11) is 2.12. The Morgan fingerprint density at radius 1 is 1.03 bits per heavy atom. The first-order valence-corrected chi connectivity index (χ1v) is 12.3. The van der Waals surface area contributed by atoms with Crippen molar-refractivity contribution in [3.8, 4) is 0 Å². The van der Waals surface area contributed by atoms with Gasteiger partial charge in [0.25, 0.3) is 5.91 Å². The van der Waals surface area contributed by atoms with Gasteiger partial charge in [0.1, 0.15) is 5.69 Å². The minimum absolute atomic E-state index is 0.0581. The van der Waals surface area contributed by atoms with Gasteiger partial charge in [-0.15, -0.1) is 11.3 Å². The van der Waals surface area contributed by atoms with Crippen molar-refractivity contribution in [2.45, 2.75) is 6.42 Å². The fourth-order valence-electron chi connectivity index (χ4n) is 4.22. The number of rotatable bonds is 7. The molecular formula is C26H26N6O2S. The predicted molar refractivity (Wildman–Crippen MR) is 140 cm³/mol. The number of benzene rings is 2. The number of piperazine rings is 1. The molecule has 0 bridgehead atoms. The first-order valence-electron chi connectivity index (χ1n) is 11.4. The van der Waals surface area contributed by atoms with Crippen LogP contribution in [0.5, 0.6) is 0 Å². The number of primary amides is 1. The first kappa shape index (κ1) is 22.9. The van der Waals surface area contributed by atoms with E-state index in [0.29, 0.717) is 15.6 Å². The predicted octanol–water partition coefficient (Wildman–Crippen LogP) is 3.71. The molecule has 0 aliphatic carbocycles. The number of hydrogen-bond acceptors (Lipinski definition) is 8. The average molecular weight is 487 g/mol. The number of anilines is 3. The van der Waals surface area contributed by atoms with E-state index in [2.05, 4.69) is 32.1 Å². The molecule has 3 heterocycles. The van der Waals surface area contributed by atoms with Gasteiger partial charge in [0.05, 0.1) is 5.52 Å². The van der Waals surface area contributed by atoms with E-state index in [0.717, 1.165) is 48.5 Å². The molecular weight excluding hydrogens is 460 g/mol. The zero-order valence-electron chi connectivity index (χ0n) is 19.4. The Hall–Kier alpha value is -3.82. The van der Waals surface area contributed by atoms with Crippen molar-refractivity contribution in [1.82, 2.24) is 14.9 Å². The standard InChI is InChI=1S/C26H26N6O2S/c1-31-12-14-32(15-13-31)18-9-7-17(8-10-18)22(33)16-23-24(25(27)34)30-26(35-23)29-21-6-2-5-20-19(21)4-3-11-28-20/h2-11H,12-16H2,1H3,(H2,27,34)(H,29,30). The van der Waals surface area contributed by atoms with Crippen molar-refractivity contribution in [3.63, 3.8) is 0 Å². The summed E-state index contributed by atoms with van der Waals surface area (Å²) in [4.78, 5) is 39.0. The number of ketones is 1. The number of likely N-dealkylation sites (N-methyl/N-ethyl adjacent to an activating group) is 1. The topological polar surface area (TPSA) is 104 Å². The van der Waals surface area contributed by atoms with E-state index in [-0.39, 0.29) is 17.9 Å². The van der Waals surface area contributed by atoms with Crippen LogP contribution in [0, 0.1) is 0 Å². The number of amides is 1. The van der Waals surface area contributed by atoms with Gasteiger partial charge in [0.15, 0.2) is 10.9 Å². The van der Waals surface area contributed by atoms with Crippen LogP contribution in [0.4, 0.5) is 16.5 Å². The fourth-order valence-corrected chi connectivity index (χ4v) is 5.19. The number of Topliss-reactive ketones (excluding diaryl/α,β-unsaturated/α-hetero) is 1. The molecule has 178 valence electrons. The molecule has 3 N–H and O–H groups in total. The molecule has 35 heavy (non-hydrogen) atoms. The number of aromatic nitrogens is 2. The highest BCUT2D eigenvalue weighted by Crippen LogP contribution is 2.30. The van der Waals surface area contributed by atoms with Gasteiger partial charge in [0.2, 0.25) is 0 Å². The van der Waals surface area contributed by atoms with Gasteiger partial charge < -0.3 is 20.9 Å². The Kier molecular flexibility index (Phi) is 6.43. The Balaban J connectivity index is 1.33. The zero-order valence-corrected chi connectivity index (χ0v) is 20.2. The third kappa shape index (κ3) is 5.01. The van der Waals surface area contributed by atoms with Crippen LogP contribution in [0.3, 0.4) is 0 Å². The Labute approximate surface area is 207 Å². The van der Waals surface area contributed by atoms with Crippen molar-refractivity contribution in [2.75, 3.05) is 43.4 Å². The van der Waals surface area contributed by atoms with E-state index in [1.54, 1.807) is 6.20 Å². The molecule has 9 heteroatoms. The number of pyridine rings is 1. The van der Waals surface area contributed by atoms with Gasteiger partial charge in [0, 0.05) is 66.0 Å². The van der Waals surface area contributed by atoms with Crippen LogP contribution < -0.4 is 16.0 Å². The van der Waals surface area contributed by atoms with Crippen molar-refractivity contribution in [2.24, 2.45) is 5.73 Å². The first-order chi connectivity index (χ1) is 17.0. The molecule has 1 aliphatic heterocycles. The minimum Gasteiger partial charge on any atom is -0.369 e. The van der Waals surface area contributed by atoms with Gasteiger partial charge in [-0.2, -0.15) is 0 Å². The van der Waals surface area contributed by atoms with Crippen molar-refractivity contribution in [1.29, 1.82) is 0 Å². The summed E-state index contributed by atoms with van der Waals surface area (Å²) in [6.07, 6.45) is 1.80. The smallest absolute Gasteiger partial charge is 0.268 e. The lowest BCUT2D eigenvalue weighted by Gasteiger charge is -2.34. The molecule has 0 unspecified atom stereocenters. The molecule has 5 rings (SSSR count). The van der Waals surface area contributed by atoms with E-state index >= 15 is 0 Å². The van der Waals surface area contributed by atoms with Gasteiger partial charge in [-0.25, -0.2) is 4.98 Å². The molecule has 1 aliphatic rings. The molecule has 0 radical (unpaired) electrons. The zero-order chi connectivity index (χ0) is 24.4. The Morgan fingerprint density at radius 2 is 1.80 bits per heavy atom. The maximum Gasteiger partial charge on any atom is 0.268 e. The molecule has 0 saturated carbocycles. The van der Waals surface area contributed by atoms with E-state index in [9.17, 15) is 9.59 Å². The molecule has 1 saturated heterocycles. The van der Waals surface area contributed by atoms with Crippen LogP contribution in [-0.2, 0) is 6.42 Å². The van der Waals surface area contributed by atoms with Gasteiger partial charge >= 0.3 is 0 Å². The highest BCUT2D eigenvalue weighted by molar-refractivity contribution is 7.16. The lowest BCUT2D eigenvalue weighted by Crippen LogP contribution is -2.44. The number of carbonyl (C=O) groups excluding carboxylic acids is 2. The summed E-state index contributed by atoms with van der Waals surface area (Å²) in [6, 6.07) is 17.2. The highest BCUT2D eigenvalue weighted by atomic mass is 32.1. The minimum atomic E-state index is -0.651. The maximum atomic E-state index is 13.0.